The molecule has 3 rings (SSSR count). The third-order valence-corrected chi connectivity index (χ3v) is 4.54. The second-order valence-corrected chi connectivity index (χ2v) is 5.99. The lowest BCUT2D eigenvalue weighted by molar-refractivity contribution is -0.135. The first-order valence-electron chi connectivity index (χ1n) is 7.00. The molecule has 0 saturated carbocycles. The second kappa shape index (κ2) is 6.14. The molecule has 2 N–H and O–H groups in total. The number of nitrogens with one attached hydrogen (secondary N) is 1. The van der Waals surface area contributed by atoms with Crippen LogP contribution in [0.1, 0.15) is 18.2 Å². The summed E-state index contributed by atoms with van der Waals surface area (Å²) in [4.78, 5) is 20.6. The fourth-order valence-corrected chi connectivity index (χ4v) is 3.06. The normalized spacial score (nSPS) is 15.6. The summed E-state index contributed by atoms with van der Waals surface area (Å²) >= 11 is 12.3. The molecule has 9 heteroatoms. The lowest BCUT2D eigenvalue weighted by atomic mass is 10.1. The van der Waals surface area contributed by atoms with Gasteiger partial charge in [-0.05, 0) is 0 Å². The van der Waals surface area contributed by atoms with Crippen LogP contribution in [-0.2, 0) is 17.8 Å². The van der Waals surface area contributed by atoms with Gasteiger partial charge in [0.25, 0.3) is 0 Å². The fraction of sp³-hybridized carbons (Fsp3) is 0.429. The van der Waals surface area contributed by atoms with E-state index in [2.05, 4.69) is 9.97 Å². The Bertz CT molecular complexity index is 778. The number of halogens is 3. The summed E-state index contributed by atoms with van der Waals surface area (Å²) < 4.78 is 18.1. The van der Waals surface area contributed by atoms with E-state index in [0.29, 0.717) is 24.0 Å². The molecule has 0 radical (unpaired) electrons. The topological polar surface area (TPSA) is 78.5 Å². The highest BCUT2D eigenvalue weighted by Gasteiger charge is 2.27. The fourth-order valence-electron chi connectivity index (χ4n) is 2.66. The average Bonchev–Trinajstić information content (AvgIpc) is 2.89. The molecule has 124 valence electrons. The molecule has 1 unspecified atom stereocenters. The van der Waals surface area contributed by atoms with Crippen LogP contribution in [0.15, 0.2) is 0 Å². The summed E-state index contributed by atoms with van der Waals surface area (Å²) in [5.74, 6) is -0.453. The Kier molecular flexibility index (Phi) is 4.35. The average molecular weight is 362 g/mol. The molecule has 0 aliphatic carbocycles. The second-order valence-electron chi connectivity index (χ2n) is 5.23. The zero-order valence-corrected chi connectivity index (χ0v) is 13.7. The number of pyridine rings is 1. The number of amides is 1. The van der Waals surface area contributed by atoms with Crippen molar-refractivity contribution >= 4 is 40.1 Å². The minimum Gasteiger partial charge on any atom is -0.442 e. The number of hydrogen-bond acceptors (Lipinski definition) is 4. The van der Waals surface area contributed by atoms with Gasteiger partial charge in [-0.15, -0.1) is 0 Å². The van der Waals surface area contributed by atoms with Gasteiger partial charge in [-0.25, -0.2) is 9.37 Å². The predicted molar refractivity (Wildman–Crippen MR) is 83.5 cm³/mol. The van der Waals surface area contributed by atoms with Gasteiger partial charge in [0.2, 0.25) is 18.1 Å². The molecule has 3 heterocycles. The third kappa shape index (κ3) is 2.84. The molecule has 0 saturated heterocycles. The molecule has 0 fully saturated rings. The van der Waals surface area contributed by atoms with Crippen LogP contribution in [0.2, 0.25) is 10.0 Å². The van der Waals surface area contributed by atoms with Gasteiger partial charge in [0.05, 0.1) is 16.1 Å². The monoisotopic (exact) mass is 361 g/mol. The van der Waals surface area contributed by atoms with Gasteiger partial charge in [-0.1, -0.05) is 23.2 Å². The quantitative estimate of drug-likeness (QED) is 0.879. The SMILES string of the molecule is CC(F)Oc1nc2c3c([nH]c2c(Cl)c1Cl)CCN(C(=O)CO)C3. The van der Waals surface area contributed by atoms with E-state index in [1.807, 2.05) is 0 Å². The van der Waals surface area contributed by atoms with Crippen molar-refractivity contribution in [2.75, 3.05) is 13.2 Å². The zero-order chi connectivity index (χ0) is 16.7. The minimum absolute atomic E-state index is 0.0329. The number of alkyl halides is 1. The number of ether oxygens (including phenoxy) is 1. The Morgan fingerprint density at radius 1 is 1.52 bits per heavy atom. The molecule has 6 nitrogen and oxygen atoms in total. The van der Waals surface area contributed by atoms with E-state index in [1.165, 1.54) is 11.8 Å². The third-order valence-electron chi connectivity index (χ3n) is 3.72. The number of aliphatic hydroxyl groups is 1. The number of H-pyrrole nitrogens is 1. The van der Waals surface area contributed by atoms with Crippen LogP contribution >= 0.6 is 23.2 Å². The maximum Gasteiger partial charge on any atom is 0.248 e. The van der Waals surface area contributed by atoms with Crippen molar-refractivity contribution in [3.8, 4) is 5.88 Å². The van der Waals surface area contributed by atoms with Crippen molar-refractivity contribution < 1.29 is 19.0 Å². The van der Waals surface area contributed by atoms with E-state index in [4.69, 9.17) is 33.0 Å². The Morgan fingerprint density at radius 2 is 2.26 bits per heavy atom. The molecular weight excluding hydrogens is 348 g/mol. The number of carbonyl (C=O) groups is 1. The number of aliphatic hydroxyl groups excluding tert-OH is 1. The van der Waals surface area contributed by atoms with Crippen molar-refractivity contribution in [1.29, 1.82) is 0 Å². The number of rotatable bonds is 3. The largest absolute Gasteiger partial charge is 0.442 e. The molecule has 2 aromatic heterocycles. The van der Waals surface area contributed by atoms with Gasteiger partial charge < -0.3 is 19.7 Å². The molecule has 23 heavy (non-hydrogen) atoms. The van der Waals surface area contributed by atoms with Crippen molar-refractivity contribution in [2.45, 2.75) is 26.2 Å². The van der Waals surface area contributed by atoms with Gasteiger partial charge in [0.1, 0.15) is 11.6 Å². The lowest BCUT2D eigenvalue weighted by Gasteiger charge is -2.26. The first-order chi connectivity index (χ1) is 10.9. The van der Waals surface area contributed by atoms with Crippen LogP contribution in [0.3, 0.4) is 0 Å². The number of aromatic amines is 1. The zero-order valence-electron chi connectivity index (χ0n) is 12.2. The summed E-state index contributed by atoms with van der Waals surface area (Å²) in [7, 11) is 0. The van der Waals surface area contributed by atoms with Crippen LogP contribution in [0.5, 0.6) is 5.88 Å². The Morgan fingerprint density at radius 3 is 2.91 bits per heavy atom. The molecule has 2 aromatic rings. The molecule has 0 bridgehead atoms. The number of hydrogen-bond donors (Lipinski definition) is 2. The highest BCUT2D eigenvalue weighted by atomic mass is 35.5. The number of carbonyl (C=O) groups excluding carboxylic acids is 1. The van der Waals surface area contributed by atoms with Crippen LogP contribution in [0.4, 0.5) is 4.39 Å². The smallest absolute Gasteiger partial charge is 0.248 e. The molecule has 0 aromatic carbocycles. The first kappa shape index (κ1) is 16.3. The van der Waals surface area contributed by atoms with E-state index in [9.17, 15) is 9.18 Å². The van der Waals surface area contributed by atoms with Gasteiger partial charge in [-0.2, -0.15) is 0 Å². The summed E-state index contributed by atoms with van der Waals surface area (Å²) in [5, 5.41) is 9.24. The van der Waals surface area contributed by atoms with Gasteiger partial charge in [-0.3, -0.25) is 4.79 Å². The highest BCUT2D eigenvalue weighted by Crippen LogP contribution is 2.39. The maximum atomic E-state index is 13.1. The van der Waals surface area contributed by atoms with E-state index in [-0.39, 0.29) is 28.4 Å². The number of fused-ring (bicyclic) bond motifs is 3. The molecule has 0 spiro atoms. The van der Waals surface area contributed by atoms with Crippen molar-refractivity contribution in [2.24, 2.45) is 0 Å². The van der Waals surface area contributed by atoms with Crippen molar-refractivity contribution in [1.82, 2.24) is 14.9 Å². The Balaban J connectivity index is 2.10. The standard InChI is InChI=1S/C14H14Cl2FN3O3/c1-6(17)23-14-11(16)10(15)13-12(19-14)7-4-20(9(22)5-21)3-2-8(7)18-13/h6,18,21H,2-5H2,1H3. The van der Waals surface area contributed by atoms with Crippen molar-refractivity contribution in [3.63, 3.8) is 0 Å². The first-order valence-corrected chi connectivity index (χ1v) is 7.75. The summed E-state index contributed by atoms with van der Waals surface area (Å²) in [5.41, 5.74) is 2.67. The molecule has 1 amide bonds. The van der Waals surface area contributed by atoms with Gasteiger partial charge in [0, 0.05) is 37.7 Å². The molecule has 1 atom stereocenters. The maximum absolute atomic E-state index is 13.1. The van der Waals surface area contributed by atoms with Gasteiger partial charge in [0.15, 0.2) is 0 Å². The van der Waals surface area contributed by atoms with Crippen LogP contribution in [0.25, 0.3) is 11.0 Å². The summed E-state index contributed by atoms with van der Waals surface area (Å²) in [6, 6.07) is 0. The molecular formula is C14H14Cl2FN3O3. The summed E-state index contributed by atoms with van der Waals surface area (Å²) in [6.07, 6.45) is -1.02. The van der Waals surface area contributed by atoms with E-state index < -0.39 is 13.0 Å². The minimum atomic E-state index is -1.59. The molecule has 1 aliphatic rings. The van der Waals surface area contributed by atoms with E-state index in [0.717, 1.165) is 11.3 Å². The predicted octanol–water partition coefficient (Wildman–Crippen LogP) is 2.44. The highest BCUT2D eigenvalue weighted by molar-refractivity contribution is 6.45. The molecule has 1 aliphatic heterocycles. The Hall–Kier alpha value is -1.57. The number of aromatic nitrogens is 2. The Labute approximate surface area is 141 Å². The van der Waals surface area contributed by atoms with E-state index >= 15 is 0 Å². The van der Waals surface area contributed by atoms with E-state index in [1.54, 1.807) is 0 Å². The summed E-state index contributed by atoms with van der Waals surface area (Å²) in [6.45, 7) is 1.43. The van der Waals surface area contributed by atoms with Crippen LogP contribution in [-0.4, -0.2) is 45.4 Å². The van der Waals surface area contributed by atoms with Crippen molar-refractivity contribution in [3.05, 3.63) is 21.3 Å². The van der Waals surface area contributed by atoms with Crippen LogP contribution in [0, 0.1) is 0 Å². The van der Waals surface area contributed by atoms with Gasteiger partial charge >= 0.3 is 0 Å². The lowest BCUT2D eigenvalue weighted by Crippen LogP contribution is -2.37. The number of nitrogens with zero attached hydrogens (tertiary/aromatic N) is 2. The van der Waals surface area contributed by atoms with Crippen LogP contribution < -0.4 is 4.74 Å².